The van der Waals surface area contributed by atoms with Gasteiger partial charge in [0.15, 0.2) is 6.29 Å². The van der Waals surface area contributed by atoms with Crippen molar-refractivity contribution in [3.63, 3.8) is 0 Å². The van der Waals surface area contributed by atoms with Crippen molar-refractivity contribution >= 4 is 5.91 Å². The van der Waals surface area contributed by atoms with Gasteiger partial charge in [-0.05, 0) is 51.4 Å². The number of aliphatic hydroxyl groups excluding tert-OH is 5. The van der Waals surface area contributed by atoms with E-state index >= 15 is 0 Å². The van der Waals surface area contributed by atoms with Gasteiger partial charge in [-0.25, -0.2) is 0 Å². The molecule has 1 rings (SSSR count). The van der Waals surface area contributed by atoms with E-state index in [9.17, 15) is 30.3 Å². The molecule has 0 aromatic heterocycles. The van der Waals surface area contributed by atoms with Gasteiger partial charge in [0.2, 0.25) is 5.91 Å². The van der Waals surface area contributed by atoms with E-state index < -0.39 is 49.5 Å². The van der Waals surface area contributed by atoms with Crippen LogP contribution in [0.25, 0.3) is 0 Å². The van der Waals surface area contributed by atoms with Crippen molar-refractivity contribution in [1.29, 1.82) is 0 Å². The number of carbonyl (C=O) groups is 1. The molecular formula is C42H77NO8. The molecule has 6 N–H and O–H groups in total. The van der Waals surface area contributed by atoms with Gasteiger partial charge in [0, 0.05) is 6.42 Å². The maximum atomic E-state index is 12.9. The van der Waals surface area contributed by atoms with Crippen molar-refractivity contribution in [2.75, 3.05) is 13.2 Å². The van der Waals surface area contributed by atoms with E-state index in [2.05, 4.69) is 43.5 Å². The van der Waals surface area contributed by atoms with Crippen LogP contribution in [-0.4, -0.2) is 87.5 Å². The first-order valence-corrected chi connectivity index (χ1v) is 20.7. The zero-order valence-corrected chi connectivity index (χ0v) is 32.4. The Bertz CT molecular complexity index is 894. The third kappa shape index (κ3) is 24.4. The van der Waals surface area contributed by atoms with E-state index in [1.54, 1.807) is 6.08 Å². The lowest BCUT2D eigenvalue weighted by Gasteiger charge is -2.40. The third-order valence-electron chi connectivity index (χ3n) is 9.71. The highest BCUT2D eigenvalue weighted by molar-refractivity contribution is 5.76. The molecule has 1 saturated heterocycles. The zero-order chi connectivity index (χ0) is 37.4. The first-order chi connectivity index (χ1) is 24.8. The molecule has 7 unspecified atom stereocenters. The molecule has 9 nitrogen and oxygen atoms in total. The molecular weight excluding hydrogens is 646 g/mol. The first kappa shape index (κ1) is 47.4. The van der Waals surface area contributed by atoms with Gasteiger partial charge in [-0.15, -0.1) is 0 Å². The van der Waals surface area contributed by atoms with Crippen LogP contribution in [0.4, 0.5) is 0 Å². The van der Waals surface area contributed by atoms with Crippen LogP contribution in [0.1, 0.15) is 168 Å². The smallest absolute Gasteiger partial charge is 0.220 e. The van der Waals surface area contributed by atoms with Gasteiger partial charge in [-0.3, -0.25) is 4.79 Å². The highest BCUT2D eigenvalue weighted by atomic mass is 16.7. The summed E-state index contributed by atoms with van der Waals surface area (Å²) in [5.74, 6) is -0.189. The predicted molar refractivity (Wildman–Crippen MR) is 207 cm³/mol. The minimum atomic E-state index is -1.57. The molecule has 0 aromatic carbocycles. The average Bonchev–Trinajstić information content (AvgIpc) is 3.13. The number of hydrogen-bond acceptors (Lipinski definition) is 8. The molecule has 1 amide bonds. The van der Waals surface area contributed by atoms with E-state index in [4.69, 9.17) is 9.47 Å². The van der Waals surface area contributed by atoms with E-state index in [1.165, 1.54) is 89.9 Å². The highest BCUT2D eigenvalue weighted by Crippen LogP contribution is 2.22. The van der Waals surface area contributed by atoms with E-state index in [0.29, 0.717) is 6.42 Å². The normalized spacial score (nSPS) is 22.4. The molecule has 1 aliphatic rings. The lowest BCUT2D eigenvalue weighted by molar-refractivity contribution is -0.302. The fourth-order valence-corrected chi connectivity index (χ4v) is 6.30. The number of nitrogens with one attached hydrogen (secondary N) is 1. The molecule has 9 heteroatoms. The Balaban J connectivity index is 2.40. The minimum absolute atomic E-state index is 0.189. The molecule has 298 valence electrons. The Kier molecular flexibility index (Phi) is 30.7. The number of rotatable bonds is 33. The summed E-state index contributed by atoms with van der Waals surface area (Å²) in [5, 5.41) is 53.9. The predicted octanol–water partition coefficient (Wildman–Crippen LogP) is 7.72. The Morgan fingerprint density at radius 2 is 1.16 bits per heavy atom. The van der Waals surface area contributed by atoms with Crippen molar-refractivity contribution < 1.29 is 39.8 Å². The maximum Gasteiger partial charge on any atom is 0.220 e. The van der Waals surface area contributed by atoms with Crippen LogP contribution in [0.3, 0.4) is 0 Å². The van der Waals surface area contributed by atoms with Gasteiger partial charge < -0.3 is 40.3 Å². The van der Waals surface area contributed by atoms with Crippen LogP contribution >= 0.6 is 0 Å². The molecule has 0 bridgehead atoms. The number of hydrogen-bond donors (Lipinski definition) is 6. The van der Waals surface area contributed by atoms with Gasteiger partial charge in [-0.1, -0.05) is 147 Å². The van der Waals surface area contributed by atoms with E-state index in [1.807, 2.05) is 6.08 Å². The number of aliphatic hydroxyl groups is 5. The van der Waals surface area contributed by atoms with Crippen molar-refractivity contribution in [3.05, 3.63) is 36.5 Å². The Morgan fingerprint density at radius 3 is 1.73 bits per heavy atom. The number of carbonyl (C=O) groups excluding carboxylic acids is 1. The highest BCUT2D eigenvalue weighted by Gasteiger charge is 2.44. The molecule has 1 aliphatic heterocycles. The second-order valence-electron chi connectivity index (χ2n) is 14.4. The molecule has 0 spiro atoms. The van der Waals surface area contributed by atoms with Crippen LogP contribution in [0.2, 0.25) is 0 Å². The summed E-state index contributed by atoms with van der Waals surface area (Å²) in [4.78, 5) is 12.9. The Morgan fingerprint density at radius 1 is 0.667 bits per heavy atom. The van der Waals surface area contributed by atoms with Crippen molar-refractivity contribution in [1.82, 2.24) is 5.32 Å². The summed E-state index contributed by atoms with van der Waals surface area (Å²) >= 11 is 0. The molecule has 1 fully saturated rings. The number of ether oxygens (including phenoxy) is 2. The Labute approximate surface area is 311 Å². The van der Waals surface area contributed by atoms with E-state index in [0.717, 1.165) is 57.8 Å². The fraction of sp³-hybridized carbons (Fsp3) is 0.833. The van der Waals surface area contributed by atoms with Gasteiger partial charge in [0.1, 0.15) is 24.4 Å². The third-order valence-corrected chi connectivity index (χ3v) is 9.71. The van der Waals surface area contributed by atoms with Gasteiger partial charge in [-0.2, -0.15) is 0 Å². The molecule has 0 aromatic rings. The lowest BCUT2D eigenvalue weighted by atomic mass is 9.99. The van der Waals surface area contributed by atoms with Gasteiger partial charge >= 0.3 is 0 Å². The molecule has 1 heterocycles. The molecule has 7 atom stereocenters. The number of allylic oxidation sites excluding steroid dienone is 5. The molecule has 0 saturated carbocycles. The second-order valence-corrected chi connectivity index (χ2v) is 14.4. The lowest BCUT2D eigenvalue weighted by Crippen LogP contribution is -2.60. The van der Waals surface area contributed by atoms with E-state index in [-0.39, 0.29) is 12.5 Å². The average molecular weight is 724 g/mol. The monoisotopic (exact) mass is 724 g/mol. The van der Waals surface area contributed by atoms with Crippen LogP contribution < -0.4 is 5.32 Å². The van der Waals surface area contributed by atoms with Gasteiger partial charge in [0.05, 0.1) is 25.4 Å². The number of unbranched alkanes of at least 4 members (excludes halogenated alkanes) is 19. The van der Waals surface area contributed by atoms with Crippen LogP contribution in [0, 0.1) is 0 Å². The van der Waals surface area contributed by atoms with Crippen LogP contribution in [0.5, 0.6) is 0 Å². The summed E-state index contributed by atoms with van der Waals surface area (Å²) in [5.41, 5.74) is 0. The minimum Gasteiger partial charge on any atom is -0.394 e. The summed E-state index contributed by atoms with van der Waals surface area (Å²) in [6.07, 6.45) is 31.8. The van der Waals surface area contributed by atoms with Crippen molar-refractivity contribution in [3.8, 4) is 0 Å². The standard InChI is InChI=1S/C42H77NO8/c1-3-5-7-9-11-13-15-16-17-18-19-20-22-24-26-28-30-32-38(46)43-35(34-50-42-41(49)40(48)39(47)37(33-44)51-42)36(45)31-29-27-25-23-21-14-12-10-8-6-4-2/h11,13,16-17,29,31,35-37,39-42,44-45,47-49H,3-10,12,14-15,18-28,30,32-34H2,1-2H3,(H,43,46)/b13-11-,17-16-,31-29+. The molecule has 0 aliphatic carbocycles. The Hall–Kier alpha value is -1.59. The molecule has 0 radical (unpaired) electrons. The second kappa shape index (κ2) is 33.0. The zero-order valence-electron chi connectivity index (χ0n) is 32.4. The topological polar surface area (TPSA) is 149 Å². The van der Waals surface area contributed by atoms with Gasteiger partial charge in [0.25, 0.3) is 0 Å². The fourth-order valence-electron chi connectivity index (χ4n) is 6.30. The summed E-state index contributed by atoms with van der Waals surface area (Å²) < 4.78 is 11.2. The SMILES string of the molecule is CCCCC/C=C\C/C=C\CCCCCCCCCC(=O)NC(COC1OC(CO)C(O)C(O)C1O)C(O)/C=C/CCCCCCCCCCC. The largest absolute Gasteiger partial charge is 0.394 e. The van der Waals surface area contributed by atoms with Crippen molar-refractivity contribution in [2.45, 2.75) is 211 Å². The molecule has 51 heavy (non-hydrogen) atoms. The first-order valence-electron chi connectivity index (χ1n) is 20.7. The summed E-state index contributed by atoms with van der Waals surface area (Å²) in [6.45, 7) is 3.71. The quantitative estimate of drug-likeness (QED) is 0.0298. The summed E-state index contributed by atoms with van der Waals surface area (Å²) in [7, 11) is 0. The maximum absolute atomic E-state index is 12.9. The van der Waals surface area contributed by atoms with Crippen LogP contribution in [0.15, 0.2) is 36.5 Å². The van der Waals surface area contributed by atoms with Crippen LogP contribution in [-0.2, 0) is 14.3 Å². The van der Waals surface area contributed by atoms with Crippen molar-refractivity contribution in [2.24, 2.45) is 0 Å². The number of amides is 1. The summed E-state index contributed by atoms with van der Waals surface area (Å²) in [6, 6.07) is -0.805.